The first kappa shape index (κ1) is 7.49. The molecule has 0 aliphatic heterocycles. The van der Waals surface area contributed by atoms with Gasteiger partial charge in [-0.2, -0.15) is 0 Å². The summed E-state index contributed by atoms with van der Waals surface area (Å²) in [6.45, 7) is 1.95. The number of carbonyl (C=O) groups is 1. The third kappa shape index (κ3) is 0.881. The van der Waals surface area contributed by atoms with Crippen LogP contribution in [0.2, 0.25) is 0 Å². The van der Waals surface area contributed by atoms with E-state index in [0.717, 1.165) is 27.3 Å². The van der Waals surface area contributed by atoms with Crippen LogP contribution in [0.3, 0.4) is 0 Å². The summed E-state index contributed by atoms with van der Waals surface area (Å²) in [6.07, 6.45) is 0.863. The van der Waals surface area contributed by atoms with E-state index in [1.165, 1.54) is 11.3 Å². The SMILES string of the molecule is Cc1nc2sc(C=O)cc2n1C. The molecule has 0 saturated heterocycles. The van der Waals surface area contributed by atoms with Gasteiger partial charge in [0.15, 0.2) is 6.29 Å². The van der Waals surface area contributed by atoms with Crippen LogP contribution in [-0.4, -0.2) is 15.8 Å². The minimum Gasteiger partial charge on any atom is -0.331 e. The molecule has 3 nitrogen and oxygen atoms in total. The third-order valence-electron chi connectivity index (χ3n) is 1.94. The Morgan fingerprint density at radius 3 is 3.00 bits per heavy atom. The number of hydrogen-bond acceptors (Lipinski definition) is 3. The molecule has 0 spiro atoms. The maximum atomic E-state index is 10.4. The third-order valence-corrected chi connectivity index (χ3v) is 2.88. The summed E-state index contributed by atoms with van der Waals surface area (Å²) in [5.74, 6) is 0.980. The van der Waals surface area contributed by atoms with Crippen molar-refractivity contribution in [3.8, 4) is 0 Å². The first-order valence-corrected chi connectivity index (χ1v) is 4.42. The zero-order valence-electron chi connectivity index (χ0n) is 6.87. The number of rotatable bonds is 1. The van der Waals surface area contributed by atoms with Crippen LogP contribution in [0.5, 0.6) is 0 Å². The Morgan fingerprint density at radius 1 is 1.67 bits per heavy atom. The molecule has 12 heavy (non-hydrogen) atoms. The van der Waals surface area contributed by atoms with Crippen molar-refractivity contribution in [3.05, 3.63) is 16.8 Å². The van der Waals surface area contributed by atoms with Crippen molar-refractivity contribution >= 4 is 28.0 Å². The van der Waals surface area contributed by atoms with Crippen LogP contribution < -0.4 is 0 Å². The van der Waals surface area contributed by atoms with E-state index in [4.69, 9.17) is 0 Å². The number of aryl methyl sites for hydroxylation is 2. The normalized spacial score (nSPS) is 10.8. The molecule has 0 fully saturated rings. The highest BCUT2D eigenvalue weighted by atomic mass is 32.1. The Bertz CT molecular complexity index is 441. The average molecular weight is 180 g/mol. The lowest BCUT2D eigenvalue weighted by Gasteiger charge is -1.91. The van der Waals surface area contributed by atoms with Crippen molar-refractivity contribution in [2.75, 3.05) is 0 Å². The summed E-state index contributed by atoms with van der Waals surface area (Å²) in [6, 6.07) is 1.87. The van der Waals surface area contributed by atoms with Crippen molar-refractivity contribution in [1.82, 2.24) is 9.55 Å². The van der Waals surface area contributed by atoms with E-state index in [1.54, 1.807) is 0 Å². The highest BCUT2D eigenvalue weighted by Gasteiger charge is 2.07. The molecule has 0 N–H and O–H groups in total. The molecule has 0 aliphatic rings. The highest BCUT2D eigenvalue weighted by Crippen LogP contribution is 2.23. The van der Waals surface area contributed by atoms with Gasteiger partial charge < -0.3 is 4.57 Å². The van der Waals surface area contributed by atoms with Crippen LogP contribution in [0.1, 0.15) is 15.5 Å². The van der Waals surface area contributed by atoms with Gasteiger partial charge in [-0.15, -0.1) is 11.3 Å². The van der Waals surface area contributed by atoms with Gasteiger partial charge in [-0.25, -0.2) is 4.98 Å². The molecule has 2 rings (SSSR count). The molecule has 0 atom stereocenters. The molecule has 0 aliphatic carbocycles. The summed E-state index contributed by atoms with van der Waals surface area (Å²) in [5, 5.41) is 0. The maximum Gasteiger partial charge on any atom is 0.160 e. The number of carbonyl (C=O) groups excluding carboxylic acids is 1. The van der Waals surface area contributed by atoms with E-state index in [9.17, 15) is 4.79 Å². The minimum atomic E-state index is 0.739. The maximum absolute atomic E-state index is 10.4. The Morgan fingerprint density at radius 2 is 2.42 bits per heavy atom. The molecule has 4 heteroatoms. The molecule has 2 aromatic heterocycles. The number of aromatic nitrogens is 2. The van der Waals surface area contributed by atoms with Crippen molar-refractivity contribution in [3.63, 3.8) is 0 Å². The molecule has 0 bridgehead atoms. The summed E-state index contributed by atoms with van der Waals surface area (Å²) < 4.78 is 1.98. The monoisotopic (exact) mass is 180 g/mol. The second-order valence-corrected chi connectivity index (χ2v) is 3.74. The predicted molar refractivity (Wildman–Crippen MR) is 48.7 cm³/mol. The van der Waals surface area contributed by atoms with E-state index >= 15 is 0 Å². The molecular formula is C8H8N2OS. The highest BCUT2D eigenvalue weighted by molar-refractivity contribution is 7.20. The fourth-order valence-electron chi connectivity index (χ4n) is 1.16. The average Bonchev–Trinajstić information content (AvgIpc) is 2.55. The van der Waals surface area contributed by atoms with Gasteiger partial charge >= 0.3 is 0 Å². The largest absolute Gasteiger partial charge is 0.331 e. The van der Waals surface area contributed by atoms with Gasteiger partial charge in [-0.3, -0.25) is 4.79 Å². The molecule has 0 amide bonds. The Kier molecular flexibility index (Phi) is 1.51. The van der Waals surface area contributed by atoms with E-state index in [-0.39, 0.29) is 0 Å². The summed E-state index contributed by atoms with van der Waals surface area (Å²) >= 11 is 1.43. The quantitative estimate of drug-likeness (QED) is 0.627. The van der Waals surface area contributed by atoms with Crippen molar-refractivity contribution < 1.29 is 4.79 Å². The smallest absolute Gasteiger partial charge is 0.160 e. The fraction of sp³-hybridized carbons (Fsp3) is 0.250. The summed E-state index contributed by atoms with van der Waals surface area (Å²) in [5.41, 5.74) is 1.04. The Balaban J connectivity index is 2.79. The minimum absolute atomic E-state index is 0.739. The topological polar surface area (TPSA) is 34.9 Å². The molecule has 2 aromatic rings. The van der Waals surface area contributed by atoms with E-state index in [1.807, 2.05) is 24.6 Å². The molecule has 0 radical (unpaired) electrons. The Labute approximate surface area is 73.6 Å². The zero-order valence-corrected chi connectivity index (χ0v) is 7.68. The number of fused-ring (bicyclic) bond motifs is 1. The lowest BCUT2D eigenvalue weighted by molar-refractivity contribution is 0.112. The number of hydrogen-bond donors (Lipinski definition) is 0. The number of nitrogens with zero attached hydrogens (tertiary/aromatic N) is 2. The number of aldehydes is 1. The fourth-order valence-corrected chi connectivity index (χ4v) is 2.08. The van der Waals surface area contributed by atoms with Gasteiger partial charge in [0, 0.05) is 7.05 Å². The second kappa shape index (κ2) is 2.42. The van der Waals surface area contributed by atoms with Crippen LogP contribution in [0, 0.1) is 6.92 Å². The van der Waals surface area contributed by atoms with Gasteiger partial charge in [0.05, 0.1) is 10.4 Å². The van der Waals surface area contributed by atoms with Gasteiger partial charge in [0.1, 0.15) is 10.7 Å². The molecule has 2 heterocycles. The van der Waals surface area contributed by atoms with Crippen LogP contribution in [0.15, 0.2) is 6.07 Å². The van der Waals surface area contributed by atoms with Gasteiger partial charge in [0.2, 0.25) is 0 Å². The zero-order chi connectivity index (χ0) is 8.72. The lowest BCUT2D eigenvalue weighted by atomic mass is 10.4. The molecule has 0 unspecified atom stereocenters. The molecule has 0 saturated carbocycles. The second-order valence-electron chi connectivity index (χ2n) is 2.68. The lowest BCUT2D eigenvalue weighted by Crippen LogP contribution is -1.89. The van der Waals surface area contributed by atoms with Crippen LogP contribution in [0.4, 0.5) is 0 Å². The van der Waals surface area contributed by atoms with Crippen molar-refractivity contribution in [2.24, 2.45) is 7.05 Å². The van der Waals surface area contributed by atoms with E-state index < -0.39 is 0 Å². The van der Waals surface area contributed by atoms with Gasteiger partial charge in [0.25, 0.3) is 0 Å². The van der Waals surface area contributed by atoms with E-state index in [2.05, 4.69) is 4.98 Å². The molecule has 62 valence electrons. The van der Waals surface area contributed by atoms with Crippen molar-refractivity contribution in [2.45, 2.75) is 6.92 Å². The van der Waals surface area contributed by atoms with E-state index in [0.29, 0.717) is 0 Å². The van der Waals surface area contributed by atoms with Crippen LogP contribution in [-0.2, 0) is 7.05 Å². The first-order valence-electron chi connectivity index (χ1n) is 3.60. The Hall–Kier alpha value is -1.16. The van der Waals surface area contributed by atoms with Crippen LogP contribution in [0.25, 0.3) is 10.3 Å². The standard InChI is InChI=1S/C8H8N2OS/c1-5-9-8-7(10(5)2)3-6(4-11)12-8/h3-4H,1-2H3. The first-order chi connectivity index (χ1) is 5.72. The van der Waals surface area contributed by atoms with Gasteiger partial charge in [-0.1, -0.05) is 0 Å². The molecular weight excluding hydrogens is 172 g/mol. The predicted octanol–water partition coefficient (Wildman–Crippen LogP) is 1.76. The molecule has 0 aromatic carbocycles. The number of imidazole rings is 1. The summed E-state index contributed by atoms with van der Waals surface area (Å²) in [7, 11) is 1.95. The van der Waals surface area contributed by atoms with Crippen molar-refractivity contribution in [1.29, 1.82) is 0 Å². The van der Waals surface area contributed by atoms with Gasteiger partial charge in [-0.05, 0) is 13.0 Å². The van der Waals surface area contributed by atoms with Crippen LogP contribution >= 0.6 is 11.3 Å². The number of thiophene rings is 1. The summed E-state index contributed by atoms with van der Waals surface area (Å²) in [4.78, 5) is 16.4.